The minimum absolute atomic E-state index is 0.361. The molecule has 0 bridgehead atoms. The maximum absolute atomic E-state index is 12.5. The summed E-state index contributed by atoms with van der Waals surface area (Å²) in [6.45, 7) is -2.54. The van der Waals surface area contributed by atoms with Crippen molar-refractivity contribution in [1.29, 1.82) is 0 Å². The van der Waals surface area contributed by atoms with Gasteiger partial charge in [-0.15, -0.1) is 11.8 Å². The Morgan fingerprint density at radius 1 is 1.29 bits per heavy atom. The highest BCUT2D eigenvalue weighted by molar-refractivity contribution is 7.98. The van der Waals surface area contributed by atoms with E-state index in [0.29, 0.717) is 16.6 Å². The van der Waals surface area contributed by atoms with E-state index >= 15 is 0 Å². The normalized spacial score (nSPS) is 11.1. The van der Waals surface area contributed by atoms with E-state index < -0.39 is 6.55 Å². The summed E-state index contributed by atoms with van der Waals surface area (Å²) in [6, 6.07) is 7.23. The highest BCUT2D eigenvalue weighted by Crippen LogP contribution is 2.25. The molecule has 0 amide bonds. The number of aromatic nitrogens is 2. The van der Waals surface area contributed by atoms with Crippen LogP contribution in [0.4, 0.5) is 8.78 Å². The first-order valence-electron chi connectivity index (χ1n) is 4.85. The van der Waals surface area contributed by atoms with Gasteiger partial charge in [-0.3, -0.25) is 4.57 Å². The lowest BCUT2D eigenvalue weighted by Crippen LogP contribution is -2.01. The van der Waals surface area contributed by atoms with Crippen LogP contribution in [0, 0.1) is 0 Å². The molecule has 0 spiro atoms. The average molecular weight is 275 g/mol. The van der Waals surface area contributed by atoms with E-state index in [4.69, 9.17) is 11.6 Å². The maximum atomic E-state index is 12.5. The zero-order valence-electron chi connectivity index (χ0n) is 8.69. The van der Waals surface area contributed by atoms with Crippen molar-refractivity contribution in [3.8, 4) is 0 Å². The molecule has 0 aliphatic heterocycles. The molecule has 2 aromatic rings. The fourth-order valence-electron chi connectivity index (χ4n) is 1.31. The summed E-state index contributed by atoms with van der Waals surface area (Å²) in [5.74, 6) is 0.763. The second kappa shape index (κ2) is 5.51. The molecule has 0 aliphatic carbocycles. The Labute approximate surface area is 107 Å². The summed E-state index contributed by atoms with van der Waals surface area (Å²) in [6.07, 6.45) is 2.66. The summed E-state index contributed by atoms with van der Waals surface area (Å²) in [7, 11) is 0. The Kier molecular flexibility index (Phi) is 4.02. The Morgan fingerprint density at radius 3 is 2.65 bits per heavy atom. The molecule has 1 heterocycles. The van der Waals surface area contributed by atoms with Crippen LogP contribution < -0.4 is 0 Å². The van der Waals surface area contributed by atoms with E-state index in [9.17, 15) is 8.78 Å². The molecule has 0 saturated carbocycles. The molecule has 2 rings (SSSR count). The Morgan fingerprint density at radius 2 is 2.00 bits per heavy atom. The number of hydrogen-bond donors (Lipinski definition) is 0. The predicted molar refractivity (Wildman–Crippen MR) is 64.5 cm³/mol. The van der Waals surface area contributed by atoms with Gasteiger partial charge in [0.2, 0.25) is 0 Å². The number of hydrogen-bond acceptors (Lipinski definition) is 2. The largest absolute Gasteiger partial charge is 0.319 e. The molecule has 90 valence electrons. The molecule has 0 N–H and O–H groups in total. The van der Waals surface area contributed by atoms with Crippen molar-refractivity contribution in [3.05, 3.63) is 47.5 Å². The number of imidazole rings is 1. The SMILES string of the molecule is FC(F)n1ccnc1CSc1ccc(Cl)cc1. The molecule has 0 atom stereocenters. The van der Waals surface area contributed by atoms with Crippen molar-refractivity contribution in [2.75, 3.05) is 0 Å². The van der Waals surface area contributed by atoms with Crippen LogP contribution in [0.3, 0.4) is 0 Å². The first kappa shape index (κ1) is 12.4. The fourth-order valence-corrected chi connectivity index (χ4v) is 2.29. The Hall–Kier alpha value is -1.07. The summed E-state index contributed by atoms with van der Waals surface area (Å²) < 4.78 is 25.9. The highest BCUT2D eigenvalue weighted by Gasteiger charge is 2.11. The summed E-state index contributed by atoms with van der Waals surface area (Å²) in [5, 5.41) is 0.656. The number of thioether (sulfide) groups is 1. The van der Waals surface area contributed by atoms with Crippen molar-refractivity contribution in [3.63, 3.8) is 0 Å². The van der Waals surface area contributed by atoms with E-state index in [-0.39, 0.29) is 0 Å². The maximum Gasteiger partial charge on any atom is 0.319 e. The topological polar surface area (TPSA) is 17.8 Å². The van der Waals surface area contributed by atoms with Gasteiger partial charge in [0.25, 0.3) is 0 Å². The monoisotopic (exact) mass is 274 g/mol. The van der Waals surface area contributed by atoms with Crippen LogP contribution >= 0.6 is 23.4 Å². The van der Waals surface area contributed by atoms with Gasteiger partial charge in [0.05, 0.1) is 5.75 Å². The molecule has 0 radical (unpaired) electrons. The van der Waals surface area contributed by atoms with Crippen LogP contribution in [-0.2, 0) is 5.75 Å². The Balaban J connectivity index is 2.02. The van der Waals surface area contributed by atoms with E-state index in [0.717, 1.165) is 9.46 Å². The molecule has 0 saturated heterocycles. The van der Waals surface area contributed by atoms with Crippen LogP contribution in [0.25, 0.3) is 0 Å². The van der Waals surface area contributed by atoms with Crippen LogP contribution in [-0.4, -0.2) is 9.55 Å². The van der Waals surface area contributed by atoms with Crippen molar-refractivity contribution >= 4 is 23.4 Å². The second-order valence-corrected chi connectivity index (χ2v) is 4.76. The van der Waals surface area contributed by atoms with Gasteiger partial charge in [-0.2, -0.15) is 8.78 Å². The Bertz CT molecular complexity index is 484. The zero-order chi connectivity index (χ0) is 12.3. The third kappa shape index (κ3) is 3.20. The molecular weight excluding hydrogens is 266 g/mol. The predicted octanol–water partition coefficient (Wildman–Crippen LogP) is 4.22. The lowest BCUT2D eigenvalue weighted by atomic mass is 10.4. The second-order valence-electron chi connectivity index (χ2n) is 3.27. The zero-order valence-corrected chi connectivity index (χ0v) is 10.3. The van der Waals surface area contributed by atoms with Gasteiger partial charge in [0.1, 0.15) is 5.82 Å². The number of nitrogens with zero attached hydrogens (tertiary/aromatic N) is 2. The first-order chi connectivity index (χ1) is 8.16. The van der Waals surface area contributed by atoms with Crippen molar-refractivity contribution in [1.82, 2.24) is 9.55 Å². The van der Waals surface area contributed by atoms with Gasteiger partial charge in [0, 0.05) is 22.3 Å². The summed E-state index contributed by atoms with van der Waals surface area (Å²) >= 11 is 7.20. The molecule has 0 aliphatic rings. The van der Waals surface area contributed by atoms with Crippen LogP contribution in [0.2, 0.25) is 5.02 Å². The molecule has 0 unspecified atom stereocenters. The molecule has 1 aromatic heterocycles. The van der Waals surface area contributed by atoms with Gasteiger partial charge in [-0.1, -0.05) is 11.6 Å². The van der Waals surface area contributed by atoms with Gasteiger partial charge < -0.3 is 0 Å². The molecule has 2 nitrogen and oxygen atoms in total. The van der Waals surface area contributed by atoms with E-state index in [2.05, 4.69) is 4.98 Å². The lowest BCUT2D eigenvalue weighted by Gasteiger charge is -2.06. The van der Waals surface area contributed by atoms with Crippen molar-refractivity contribution in [2.45, 2.75) is 17.2 Å². The fraction of sp³-hybridized carbons (Fsp3) is 0.182. The van der Waals surface area contributed by atoms with Crippen LogP contribution in [0.5, 0.6) is 0 Å². The molecule has 17 heavy (non-hydrogen) atoms. The van der Waals surface area contributed by atoms with E-state index in [1.807, 2.05) is 12.1 Å². The minimum atomic E-state index is -2.54. The smallest absolute Gasteiger partial charge is 0.277 e. The molecular formula is C11H9ClF2N2S. The van der Waals surface area contributed by atoms with Crippen LogP contribution in [0.1, 0.15) is 12.4 Å². The lowest BCUT2D eigenvalue weighted by molar-refractivity contribution is 0.0678. The standard InChI is InChI=1S/C11H9ClF2N2S/c12-8-1-3-9(4-2-8)17-7-10-15-5-6-16(10)11(13)14/h1-6,11H,7H2. The first-order valence-corrected chi connectivity index (χ1v) is 6.21. The number of benzene rings is 1. The summed E-state index contributed by atoms with van der Waals surface area (Å²) in [4.78, 5) is 4.88. The summed E-state index contributed by atoms with van der Waals surface area (Å²) in [5.41, 5.74) is 0. The van der Waals surface area contributed by atoms with Gasteiger partial charge in [-0.25, -0.2) is 4.98 Å². The average Bonchev–Trinajstić information content (AvgIpc) is 2.76. The highest BCUT2D eigenvalue weighted by atomic mass is 35.5. The molecule has 6 heteroatoms. The van der Waals surface area contributed by atoms with Crippen molar-refractivity contribution in [2.24, 2.45) is 0 Å². The third-order valence-electron chi connectivity index (χ3n) is 2.14. The van der Waals surface area contributed by atoms with Gasteiger partial charge in [0.15, 0.2) is 0 Å². The van der Waals surface area contributed by atoms with E-state index in [1.165, 1.54) is 24.2 Å². The quantitative estimate of drug-likeness (QED) is 0.777. The van der Waals surface area contributed by atoms with Crippen molar-refractivity contribution < 1.29 is 8.78 Å². The van der Waals surface area contributed by atoms with Gasteiger partial charge in [-0.05, 0) is 24.3 Å². The number of rotatable bonds is 4. The molecule has 0 fully saturated rings. The van der Waals surface area contributed by atoms with E-state index in [1.54, 1.807) is 12.1 Å². The van der Waals surface area contributed by atoms with Crippen LogP contribution in [0.15, 0.2) is 41.6 Å². The minimum Gasteiger partial charge on any atom is -0.277 e. The molecule has 1 aromatic carbocycles. The third-order valence-corrected chi connectivity index (χ3v) is 3.40. The number of halogens is 3. The number of alkyl halides is 2. The van der Waals surface area contributed by atoms with Gasteiger partial charge >= 0.3 is 6.55 Å².